The van der Waals surface area contributed by atoms with E-state index in [1.54, 1.807) is 6.92 Å². The number of carbonyl (C=O) groups is 1. The molecule has 6 nitrogen and oxygen atoms in total. The van der Waals surface area contributed by atoms with Crippen molar-refractivity contribution in [3.05, 3.63) is 41.2 Å². The number of benzene rings is 1. The minimum Gasteiger partial charge on any atom is -0.479 e. The molecule has 0 aliphatic carbocycles. The van der Waals surface area contributed by atoms with Gasteiger partial charge in [-0.15, -0.1) is 5.10 Å². The number of aryl methyl sites for hydroxylation is 1. The molecule has 0 aliphatic heterocycles. The third-order valence-electron chi connectivity index (χ3n) is 3.60. The number of tetrazole rings is 1. The summed E-state index contributed by atoms with van der Waals surface area (Å²) in [6.45, 7) is 5.46. The highest BCUT2D eigenvalue weighted by Crippen LogP contribution is 2.22. The van der Waals surface area contributed by atoms with Crippen molar-refractivity contribution in [2.24, 2.45) is 0 Å². The summed E-state index contributed by atoms with van der Waals surface area (Å²) in [6.07, 6.45) is 0.922. The normalized spacial score (nSPS) is 13.9. The molecular formula is C14H18N4O2. The predicted molar refractivity (Wildman–Crippen MR) is 73.4 cm³/mol. The molecule has 0 bridgehead atoms. The molecule has 0 saturated carbocycles. The van der Waals surface area contributed by atoms with E-state index in [4.69, 9.17) is 0 Å². The minimum atomic E-state index is -1.12. The van der Waals surface area contributed by atoms with Crippen molar-refractivity contribution in [2.45, 2.75) is 39.2 Å². The smallest absolute Gasteiger partial charge is 0.331 e. The standard InChI is InChI=1S/C14H18N4O2/c1-4-14(3,13(19)20)18-12(15-16-17-18)9-11-7-5-6-10(2)8-11/h5-8H,4,9H2,1-3H3,(H,19,20). The van der Waals surface area contributed by atoms with E-state index >= 15 is 0 Å². The SMILES string of the molecule is CCC(C)(C(=O)O)n1nnnc1Cc1cccc(C)c1. The quantitative estimate of drug-likeness (QED) is 0.898. The summed E-state index contributed by atoms with van der Waals surface area (Å²) < 4.78 is 1.41. The monoisotopic (exact) mass is 274 g/mol. The Hall–Kier alpha value is -2.24. The van der Waals surface area contributed by atoms with Crippen molar-refractivity contribution < 1.29 is 9.90 Å². The highest BCUT2D eigenvalue weighted by molar-refractivity contribution is 5.76. The molecule has 1 heterocycles. The first kappa shape index (κ1) is 14.2. The van der Waals surface area contributed by atoms with Crippen LogP contribution >= 0.6 is 0 Å². The average molecular weight is 274 g/mol. The Bertz CT molecular complexity index is 623. The number of hydrogen-bond donors (Lipinski definition) is 1. The molecule has 0 aliphatic rings. The Labute approximate surface area is 117 Å². The van der Waals surface area contributed by atoms with E-state index in [0.29, 0.717) is 18.7 Å². The van der Waals surface area contributed by atoms with Crippen molar-refractivity contribution in [3.63, 3.8) is 0 Å². The van der Waals surface area contributed by atoms with Crippen LogP contribution in [0, 0.1) is 6.92 Å². The molecule has 0 amide bonds. The number of nitrogens with zero attached hydrogens (tertiary/aromatic N) is 4. The fourth-order valence-electron chi connectivity index (χ4n) is 2.10. The number of rotatable bonds is 5. The maximum Gasteiger partial charge on any atom is 0.331 e. The molecular weight excluding hydrogens is 256 g/mol. The lowest BCUT2D eigenvalue weighted by Gasteiger charge is -2.24. The van der Waals surface area contributed by atoms with Crippen LogP contribution in [0.1, 0.15) is 37.2 Å². The summed E-state index contributed by atoms with van der Waals surface area (Å²) in [5, 5.41) is 20.9. The van der Waals surface area contributed by atoms with Crippen LogP contribution in [0.2, 0.25) is 0 Å². The summed E-state index contributed by atoms with van der Waals surface area (Å²) >= 11 is 0. The zero-order chi connectivity index (χ0) is 14.8. The molecule has 1 N–H and O–H groups in total. The van der Waals surface area contributed by atoms with E-state index in [9.17, 15) is 9.90 Å². The van der Waals surface area contributed by atoms with Crippen molar-refractivity contribution >= 4 is 5.97 Å². The first-order chi connectivity index (χ1) is 9.47. The lowest BCUT2D eigenvalue weighted by atomic mass is 9.99. The number of aliphatic carboxylic acids is 1. The molecule has 2 aromatic rings. The van der Waals surface area contributed by atoms with Crippen LogP contribution in [0.5, 0.6) is 0 Å². The predicted octanol–water partition coefficient (Wildman–Crippen LogP) is 1.78. The van der Waals surface area contributed by atoms with E-state index in [1.165, 1.54) is 4.68 Å². The zero-order valence-corrected chi connectivity index (χ0v) is 11.9. The van der Waals surface area contributed by atoms with Crippen LogP contribution in [0.25, 0.3) is 0 Å². The fourth-order valence-corrected chi connectivity index (χ4v) is 2.10. The number of hydrogen-bond acceptors (Lipinski definition) is 4. The summed E-state index contributed by atoms with van der Waals surface area (Å²) in [7, 11) is 0. The van der Waals surface area contributed by atoms with Crippen LogP contribution in [-0.2, 0) is 16.8 Å². The number of aromatic nitrogens is 4. The Balaban J connectivity index is 2.36. The summed E-state index contributed by atoms with van der Waals surface area (Å²) in [5.74, 6) is -0.375. The lowest BCUT2D eigenvalue weighted by Crippen LogP contribution is -2.40. The molecule has 0 spiro atoms. The van der Waals surface area contributed by atoms with Gasteiger partial charge in [-0.1, -0.05) is 36.8 Å². The van der Waals surface area contributed by atoms with Crippen LogP contribution < -0.4 is 0 Å². The third kappa shape index (κ3) is 2.54. The van der Waals surface area contributed by atoms with Crippen LogP contribution in [0.4, 0.5) is 0 Å². The Morgan fingerprint density at radius 1 is 1.45 bits per heavy atom. The average Bonchev–Trinajstić information content (AvgIpc) is 2.86. The molecule has 1 atom stereocenters. The van der Waals surface area contributed by atoms with Crippen LogP contribution in [0.15, 0.2) is 24.3 Å². The van der Waals surface area contributed by atoms with Crippen molar-refractivity contribution in [3.8, 4) is 0 Å². The summed E-state index contributed by atoms with van der Waals surface area (Å²) in [4.78, 5) is 11.5. The molecule has 20 heavy (non-hydrogen) atoms. The van der Waals surface area contributed by atoms with Gasteiger partial charge in [-0.3, -0.25) is 0 Å². The van der Waals surface area contributed by atoms with Gasteiger partial charge in [0, 0.05) is 6.42 Å². The molecule has 0 fully saturated rings. The van der Waals surface area contributed by atoms with Crippen molar-refractivity contribution in [1.29, 1.82) is 0 Å². The third-order valence-corrected chi connectivity index (χ3v) is 3.60. The van der Waals surface area contributed by atoms with Gasteiger partial charge < -0.3 is 5.11 Å². The van der Waals surface area contributed by atoms with Crippen molar-refractivity contribution in [2.75, 3.05) is 0 Å². The van der Waals surface area contributed by atoms with E-state index in [2.05, 4.69) is 15.5 Å². The number of carboxylic acid groups (broad SMARTS) is 1. The van der Waals surface area contributed by atoms with Gasteiger partial charge in [-0.25, -0.2) is 9.48 Å². The van der Waals surface area contributed by atoms with E-state index in [0.717, 1.165) is 11.1 Å². The van der Waals surface area contributed by atoms with Crippen LogP contribution in [0.3, 0.4) is 0 Å². The van der Waals surface area contributed by atoms with Gasteiger partial charge in [0.05, 0.1) is 0 Å². The molecule has 1 aromatic carbocycles. The van der Waals surface area contributed by atoms with Gasteiger partial charge >= 0.3 is 5.97 Å². The van der Waals surface area contributed by atoms with Gasteiger partial charge in [-0.05, 0) is 36.3 Å². The highest BCUT2D eigenvalue weighted by atomic mass is 16.4. The number of carboxylic acids is 1. The van der Waals surface area contributed by atoms with Crippen LogP contribution in [-0.4, -0.2) is 31.3 Å². The largest absolute Gasteiger partial charge is 0.479 e. The highest BCUT2D eigenvalue weighted by Gasteiger charge is 2.36. The molecule has 6 heteroatoms. The van der Waals surface area contributed by atoms with Gasteiger partial charge in [-0.2, -0.15) is 0 Å². The second kappa shape index (κ2) is 5.40. The fraction of sp³-hybridized carbons (Fsp3) is 0.429. The Morgan fingerprint density at radius 2 is 2.20 bits per heavy atom. The molecule has 0 radical (unpaired) electrons. The zero-order valence-electron chi connectivity index (χ0n) is 11.9. The molecule has 106 valence electrons. The molecule has 1 unspecified atom stereocenters. The minimum absolute atomic E-state index is 0.411. The van der Waals surface area contributed by atoms with E-state index in [1.807, 2.05) is 38.1 Å². The first-order valence-electron chi connectivity index (χ1n) is 6.54. The van der Waals surface area contributed by atoms with Crippen molar-refractivity contribution in [1.82, 2.24) is 20.2 Å². The molecule has 1 aromatic heterocycles. The van der Waals surface area contributed by atoms with Gasteiger partial charge in [0.15, 0.2) is 11.4 Å². The Morgan fingerprint density at radius 3 is 2.80 bits per heavy atom. The Kier molecular flexibility index (Phi) is 3.83. The topological polar surface area (TPSA) is 80.9 Å². The van der Waals surface area contributed by atoms with E-state index in [-0.39, 0.29) is 0 Å². The van der Waals surface area contributed by atoms with Gasteiger partial charge in [0.25, 0.3) is 0 Å². The maximum absolute atomic E-state index is 11.5. The second-order valence-corrected chi connectivity index (χ2v) is 5.11. The molecule has 2 rings (SSSR count). The van der Waals surface area contributed by atoms with Gasteiger partial charge in [0.2, 0.25) is 0 Å². The first-order valence-corrected chi connectivity index (χ1v) is 6.54. The maximum atomic E-state index is 11.5. The summed E-state index contributed by atoms with van der Waals surface area (Å²) in [5.41, 5.74) is 1.09. The molecule has 0 saturated heterocycles. The lowest BCUT2D eigenvalue weighted by molar-refractivity contribution is -0.147. The van der Waals surface area contributed by atoms with Gasteiger partial charge in [0.1, 0.15) is 0 Å². The van der Waals surface area contributed by atoms with E-state index < -0.39 is 11.5 Å². The second-order valence-electron chi connectivity index (χ2n) is 5.11. The summed E-state index contributed by atoms with van der Waals surface area (Å²) in [6, 6.07) is 8.01.